The highest BCUT2D eigenvalue weighted by molar-refractivity contribution is 7.91. The second kappa shape index (κ2) is 14.8. The van der Waals surface area contributed by atoms with E-state index in [1.165, 1.54) is 25.1 Å². The zero-order chi connectivity index (χ0) is 39.3. The van der Waals surface area contributed by atoms with Gasteiger partial charge >= 0.3 is 29.2 Å². The molecule has 1 aliphatic rings. The fraction of sp³-hybridized carbons (Fsp3) is 0.212. The quantitative estimate of drug-likeness (QED) is 0.0838. The predicted molar refractivity (Wildman–Crippen MR) is 197 cm³/mol. The number of rotatable bonds is 14. The molecule has 290 valence electrons. The lowest BCUT2D eigenvalue weighted by atomic mass is 9.94. The molecular weight excluding hydrogens is 805 g/mol. The first-order chi connectivity index (χ1) is 25.9. The van der Waals surface area contributed by atoms with Crippen molar-refractivity contribution in [1.29, 1.82) is 0 Å². The number of phosphoric ester groups is 2. The van der Waals surface area contributed by atoms with E-state index in [4.69, 9.17) is 14.0 Å². The van der Waals surface area contributed by atoms with Gasteiger partial charge in [0.15, 0.2) is 22.2 Å². The van der Waals surface area contributed by atoms with Gasteiger partial charge in [0.05, 0.1) is 23.9 Å². The number of hydrogen-bond acceptors (Lipinski definition) is 13. The Hall–Kier alpha value is -4.06. The van der Waals surface area contributed by atoms with E-state index < -0.39 is 82.0 Å². The Bertz CT molecular complexity index is 2780. The van der Waals surface area contributed by atoms with Crippen LogP contribution in [0.25, 0.3) is 32.3 Å². The van der Waals surface area contributed by atoms with Crippen molar-refractivity contribution in [2.24, 2.45) is 0 Å². The largest absolute Gasteiger partial charge is 0.490 e. The molecule has 22 heteroatoms. The highest BCUT2D eigenvalue weighted by Gasteiger charge is 2.49. The maximum atomic E-state index is 13.4. The van der Waals surface area contributed by atoms with Gasteiger partial charge in [-0.15, -0.1) is 0 Å². The van der Waals surface area contributed by atoms with Gasteiger partial charge in [0.2, 0.25) is 0 Å². The fourth-order valence-corrected chi connectivity index (χ4v) is 11.4. The van der Waals surface area contributed by atoms with Crippen LogP contribution in [-0.2, 0) is 45.9 Å². The lowest BCUT2D eigenvalue weighted by Gasteiger charge is -2.26. The summed E-state index contributed by atoms with van der Waals surface area (Å²) in [5.41, 5.74) is -1.47. The maximum Gasteiger partial charge on any atom is 0.490 e. The highest BCUT2D eigenvalue weighted by atomic mass is 32.2. The van der Waals surface area contributed by atoms with Crippen molar-refractivity contribution in [3.63, 3.8) is 0 Å². The Kier molecular flexibility index (Phi) is 10.5. The number of aromatic amines is 1. The van der Waals surface area contributed by atoms with Crippen LogP contribution in [0.2, 0.25) is 0 Å². The average molecular weight is 837 g/mol. The van der Waals surface area contributed by atoms with Crippen LogP contribution in [0.1, 0.15) is 11.8 Å². The third kappa shape index (κ3) is 8.39. The molecule has 1 aliphatic heterocycles. The van der Waals surface area contributed by atoms with Crippen molar-refractivity contribution in [3.8, 4) is 5.75 Å². The van der Waals surface area contributed by atoms with E-state index in [1.807, 2.05) is 30.3 Å². The molecule has 2 heterocycles. The first-order valence-corrected chi connectivity index (χ1v) is 22.3. The van der Waals surface area contributed by atoms with E-state index in [0.717, 1.165) is 32.3 Å². The standard InChI is InChI=1S/C33H31N2O16P3S/c1-20-18-35(33(37)34-31(20)36)32-30(48-24-8-3-2-4-9-24)26(19-46-32)49-53(40,41)51-54(42,43)50-52(38,39)47-16-17-55(44,45)27-15-13-23-11-10-21-6-5-7-22-12-14-25(27)29(23)28(21)22/h2-15,18,26,30,32H,16-17,19H2,1H3,(H,38,39)(H,40,41)(H,42,43)(H,34,36,37)/t26?,30-,32+/m0/s1. The Balaban J connectivity index is 1.02. The Morgan fingerprint density at radius 3 is 2.16 bits per heavy atom. The molecule has 1 aromatic heterocycles. The number of ether oxygens (including phenoxy) is 2. The summed E-state index contributed by atoms with van der Waals surface area (Å²) in [7, 11) is -21.5. The summed E-state index contributed by atoms with van der Waals surface area (Å²) in [5, 5.41) is 4.58. The molecule has 0 bridgehead atoms. The van der Waals surface area contributed by atoms with Gasteiger partial charge in [-0.05, 0) is 52.1 Å². The molecule has 18 nitrogen and oxygen atoms in total. The number of hydrogen-bond donors (Lipinski definition) is 4. The molecule has 0 amide bonds. The molecule has 4 unspecified atom stereocenters. The van der Waals surface area contributed by atoms with Crippen LogP contribution < -0.4 is 16.0 Å². The first-order valence-electron chi connectivity index (χ1n) is 16.2. The predicted octanol–water partition coefficient (Wildman–Crippen LogP) is 4.93. The number of para-hydroxylation sites is 1. The Morgan fingerprint density at radius 1 is 0.818 bits per heavy atom. The van der Waals surface area contributed by atoms with Crippen LogP contribution in [0.3, 0.4) is 0 Å². The lowest BCUT2D eigenvalue weighted by molar-refractivity contribution is -0.00812. The molecule has 1 fully saturated rings. The summed E-state index contributed by atoms with van der Waals surface area (Å²) < 4.78 is 95.9. The summed E-state index contributed by atoms with van der Waals surface area (Å²) in [6.07, 6.45) is -3.22. The van der Waals surface area contributed by atoms with Crippen molar-refractivity contribution in [2.45, 2.75) is 30.3 Å². The molecular formula is C33H31N2O16P3S. The molecule has 1 saturated heterocycles. The summed E-state index contributed by atoms with van der Waals surface area (Å²) >= 11 is 0. The van der Waals surface area contributed by atoms with Gasteiger partial charge in [0.25, 0.3) is 5.56 Å². The van der Waals surface area contributed by atoms with E-state index in [0.29, 0.717) is 10.8 Å². The first kappa shape index (κ1) is 39.2. The second-order valence-electron chi connectivity index (χ2n) is 12.4. The molecule has 0 saturated carbocycles. The lowest BCUT2D eigenvalue weighted by Crippen LogP contribution is -2.41. The smallest absolute Gasteiger partial charge is 0.483 e. The van der Waals surface area contributed by atoms with Crippen molar-refractivity contribution in [2.75, 3.05) is 19.0 Å². The summed E-state index contributed by atoms with van der Waals surface area (Å²) in [6.45, 7) is -0.149. The number of aryl methyl sites for hydroxylation is 1. The molecule has 4 N–H and O–H groups in total. The molecule has 6 atom stereocenters. The molecule has 0 aliphatic carbocycles. The topological polar surface area (TPSA) is 256 Å². The van der Waals surface area contributed by atoms with Gasteiger partial charge in [-0.3, -0.25) is 23.4 Å². The van der Waals surface area contributed by atoms with Gasteiger partial charge in [-0.2, -0.15) is 8.62 Å². The van der Waals surface area contributed by atoms with Crippen molar-refractivity contribution in [3.05, 3.63) is 118 Å². The monoisotopic (exact) mass is 836 g/mol. The van der Waals surface area contributed by atoms with Crippen LogP contribution in [0.5, 0.6) is 5.75 Å². The van der Waals surface area contributed by atoms with Crippen LogP contribution in [0.15, 0.2) is 106 Å². The number of benzene rings is 5. The average Bonchev–Trinajstić information content (AvgIpc) is 3.48. The van der Waals surface area contributed by atoms with Crippen molar-refractivity contribution >= 4 is 65.6 Å². The third-order valence-electron chi connectivity index (χ3n) is 8.63. The number of nitrogens with zero attached hydrogens (tertiary/aromatic N) is 1. The Labute approximate surface area is 310 Å². The normalized spacial score (nSPS) is 21.1. The van der Waals surface area contributed by atoms with Gasteiger partial charge in [-0.1, -0.05) is 66.7 Å². The van der Waals surface area contributed by atoms with E-state index >= 15 is 0 Å². The van der Waals surface area contributed by atoms with E-state index in [-0.39, 0.29) is 16.2 Å². The minimum Gasteiger partial charge on any atom is -0.483 e. The van der Waals surface area contributed by atoms with Crippen LogP contribution in [-0.4, -0.2) is 63.8 Å². The van der Waals surface area contributed by atoms with Crippen molar-refractivity contribution < 1.29 is 63.9 Å². The van der Waals surface area contributed by atoms with Crippen molar-refractivity contribution in [1.82, 2.24) is 9.55 Å². The van der Waals surface area contributed by atoms with E-state index in [9.17, 15) is 46.4 Å². The van der Waals surface area contributed by atoms with Crippen LogP contribution >= 0.6 is 23.5 Å². The summed E-state index contributed by atoms with van der Waals surface area (Å²) in [5.74, 6) is -0.678. The second-order valence-corrected chi connectivity index (χ2v) is 19.0. The number of aromatic nitrogens is 2. The van der Waals surface area contributed by atoms with Gasteiger partial charge in [0.1, 0.15) is 11.9 Å². The summed E-state index contributed by atoms with van der Waals surface area (Å²) in [6, 6.07) is 23.8. The zero-order valence-electron chi connectivity index (χ0n) is 28.4. The molecule has 6 aromatic rings. The highest BCUT2D eigenvalue weighted by Crippen LogP contribution is 2.68. The Morgan fingerprint density at radius 2 is 1.45 bits per heavy atom. The fourth-order valence-electron chi connectivity index (χ4n) is 6.30. The van der Waals surface area contributed by atoms with Gasteiger partial charge < -0.3 is 24.2 Å². The summed E-state index contributed by atoms with van der Waals surface area (Å²) in [4.78, 5) is 57.4. The number of sulfone groups is 1. The third-order valence-corrected chi connectivity index (χ3v) is 14.7. The molecule has 55 heavy (non-hydrogen) atoms. The number of nitrogens with one attached hydrogen (secondary N) is 1. The van der Waals surface area contributed by atoms with E-state index in [1.54, 1.807) is 36.4 Å². The molecule has 5 aromatic carbocycles. The molecule has 0 spiro atoms. The number of phosphoric acid groups is 3. The molecule has 7 rings (SSSR count). The maximum absolute atomic E-state index is 13.4. The van der Waals surface area contributed by atoms with Gasteiger partial charge in [0, 0.05) is 17.1 Å². The van der Waals surface area contributed by atoms with Gasteiger partial charge in [-0.25, -0.2) is 26.9 Å². The molecule has 0 radical (unpaired) electrons. The van der Waals surface area contributed by atoms with E-state index in [2.05, 4.69) is 18.1 Å². The number of H-pyrrole nitrogens is 1. The van der Waals surface area contributed by atoms with Crippen LogP contribution in [0.4, 0.5) is 0 Å². The minimum atomic E-state index is -5.98. The SMILES string of the molecule is Cc1cn([C@@H]2OCC(OP(=O)(O)OP(=O)(O)OP(=O)(O)OCCS(=O)(=O)c3ccc4ccc5cccc6ccc3c4c56)[C@@H]2Oc2ccccc2)c(=O)[nH]c1=O. The zero-order valence-corrected chi connectivity index (χ0v) is 31.9. The van der Waals surface area contributed by atoms with Crippen LogP contribution in [0, 0.1) is 6.92 Å². The minimum absolute atomic E-state index is 0.0849.